The standard InChI is InChI=1S/C14H25N/c1-10-3-2-4-13(10)9-15-14-8-11-5-6-12(14)7-11/h10-15H,2-9H2,1H3. The molecule has 1 nitrogen and oxygen atoms in total. The molecule has 0 amide bonds. The van der Waals surface area contributed by atoms with Crippen LogP contribution in [0.5, 0.6) is 0 Å². The van der Waals surface area contributed by atoms with E-state index < -0.39 is 0 Å². The zero-order valence-corrected chi connectivity index (χ0v) is 10.0. The summed E-state index contributed by atoms with van der Waals surface area (Å²) in [4.78, 5) is 0. The summed E-state index contributed by atoms with van der Waals surface area (Å²) in [7, 11) is 0. The van der Waals surface area contributed by atoms with Crippen molar-refractivity contribution in [3.05, 3.63) is 0 Å². The van der Waals surface area contributed by atoms with E-state index in [9.17, 15) is 0 Å². The van der Waals surface area contributed by atoms with Gasteiger partial charge in [0.25, 0.3) is 0 Å². The smallest absolute Gasteiger partial charge is 0.00981 e. The molecule has 15 heavy (non-hydrogen) atoms. The van der Waals surface area contributed by atoms with Gasteiger partial charge in [0.15, 0.2) is 0 Å². The molecule has 2 bridgehead atoms. The molecule has 0 spiro atoms. The van der Waals surface area contributed by atoms with Gasteiger partial charge >= 0.3 is 0 Å². The number of fused-ring (bicyclic) bond motifs is 2. The third-order valence-electron chi connectivity index (χ3n) is 5.42. The van der Waals surface area contributed by atoms with E-state index in [0.717, 1.165) is 29.7 Å². The second kappa shape index (κ2) is 4.08. The molecule has 0 aromatic heterocycles. The molecule has 3 aliphatic rings. The molecule has 0 aromatic rings. The van der Waals surface area contributed by atoms with Crippen molar-refractivity contribution in [2.75, 3.05) is 6.54 Å². The molecule has 0 saturated heterocycles. The van der Waals surface area contributed by atoms with Crippen molar-refractivity contribution < 1.29 is 0 Å². The first-order valence-electron chi connectivity index (χ1n) is 7.06. The monoisotopic (exact) mass is 207 g/mol. The van der Waals surface area contributed by atoms with E-state index in [1.165, 1.54) is 51.5 Å². The number of hydrogen-bond acceptors (Lipinski definition) is 1. The van der Waals surface area contributed by atoms with Gasteiger partial charge in [-0.25, -0.2) is 0 Å². The molecule has 3 saturated carbocycles. The van der Waals surface area contributed by atoms with Crippen LogP contribution in [0.15, 0.2) is 0 Å². The van der Waals surface area contributed by atoms with Gasteiger partial charge in [-0.2, -0.15) is 0 Å². The number of hydrogen-bond donors (Lipinski definition) is 1. The summed E-state index contributed by atoms with van der Waals surface area (Å²) in [5, 5.41) is 3.89. The van der Waals surface area contributed by atoms with E-state index in [0.29, 0.717) is 0 Å². The molecule has 1 heteroatoms. The quantitative estimate of drug-likeness (QED) is 0.749. The summed E-state index contributed by atoms with van der Waals surface area (Å²) in [6.45, 7) is 3.76. The topological polar surface area (TPSA) is 12.0 Å². The summed E-state index contributed by atoms with van der Waals surface area (Å²) in [5.74, 6) is 4.11. The van der Waals surface area contributed by atoms with Crippen molar-refractivity contribution in [3.63, 3.8) is 0 Å². The first-order valence-corrected chi connectivity index (χ1v) is 7.06. The lowest BCUT2D eigenvalue weighted by Gasteiger charge is -2.26. The molecule has 3 aliphatic carbocycles. The summed E-state index contributed by atoms with van der Waals surface area (Å²) < 4.78 is 0. The summed E-state index contributed by atoms with van der Waals surface area (Å²) >= 11 is 0. The minimum Gasteiger partial charge on any atom is -0.313 e. The molecule has 0 radical (unpaired) electrons. The predicted molar refractivity (Wildman–Crippen MR) is 63.7 cm³/mol. The normalized spacial score (nSPS) is 49.0. The molecular formula is C14H25N. The SMILES string of the molecule is CC1CCCC1CNC1CC2CCC1C2. The second-order valence-electron chi connectivity index (χ2n) is 6.36. The third kappa shape index (κ3) is 1.95. The number of nitrogens with one attached hydrogen (secondary N) is 1. The number of rotatable bonds is 3. The molecule has 5 unspecified atom stereocenters. The molecule has 86 valence electrons. The maximum Gasteiger partial charge on any atom is 0.00981 e. The van der Waals surface area contributed by atoms with Gasteiger partial charge in [0.1, 0.15) is 0 Å². The van der Waals surface area contributed by atoms with Crippen molar-refractivity contribution >= 4 is 0 Å². The molecule has 3 fully saturated rings. The Labute approximate surface area is 94.0 Å². The average Bonchev–Trinajstić information content (AvgIpc) is 2.90. The van der Waals surface area contributed by atoms with Crippen LogP contribution in [0.3, 0.4) is 0 Å². The van der Waals surface area contributed by atoms with Gasteiger partial charge in [-0.1, -0.05) is 26.2 Å². The zero-order valence-electron chi connectivity index (χ0n) is 10.0. The van der Waals surface area contributed by atoms with Crippen LogP contribution in [-0.4, -0.2) is 12.6 Å². The fourth-order valence-corrected chi connectivity index (χ4v) is 4.32. The Bertz CT molecular complexity index is 225. The van der Waals surface area contributed by atoms with Crippen LogP contribution in [0.25, 0.3) is 0 Å². The lowest BCUT2D eigenvalue weighted by Crippen LogP contribution is -2.37. The first kappa shape index (κ1) is 10.1. The summed E-state index contributed by atoms with van der Waals surface area (Å²) in [6, 6.07) is 0.900. The van der Waals surface area contributed by atoms with Crippen LogP contribution in [0.1, 0.15) is 51.9 Å². The van der Waals surface area contributed by atoms with Gasteiger partial charge in [0.05, 0.1) is 0 Å². The van der Waals surface area contributed by atoms with Crippen LogP contribution in [-0.2, 0) is 0 Å². The lowest BCUT2D eigenvalue weighted by molar-refractivity contribution is 0.307. The van der Waals surface area contributed by atoms with Gasteiger partial charge in [-0.05, 0) is 55.9 Å². The van der Waals surface area contributed by atoms with Crippen LogP contribution in [0.2, 0.25) is 0 Å². The summed E-state index contributed by atoms with van der Waals surface area (Å²) in [6.07, 6.45) is 10.5. The van der Waals surface area contributed by atoms with E-state index in [1.54, 1.807) is 0 Å². The highest BCUT2D eigenvalue weighted by Gasteiger charge is 2.39. The van der Waals surface area contributed by atoms with E-state index in [2.05, 4.69) is 12.2 Å². The highest BCUT2D eigenvalue weighted by molar-refractivity contribution is 4.94. The fraction of sp³-hybridized carbons (Fsp3) is 1.00. The minimum absolute atomic E-state index is 0.900. The highest BCUT2D eigenvalue weighted by atomic mass is 14.9. The van der Waals surface area contributed by atoms with Crippen molar-refractivity contribution in [2.24, 2.45) is 23.7 Å². The van der Waals surface area contributed by atoms with Crippen LogP contribution in [0.4, 0.5) is 0 Å². The molecule has 0 aliphatic heterocycles. The Morgan fingerprint density at radius 1 is 1.07 bits per heavy atom. The predicted octanol–water partition coefficient (Wildman–Crippen LogP) is 3.20. The molecule has 0 heterocycles. The van der Waals surface area contributed by atoms with Crippen LogP contribution >= 0.6 is 0 Å². The Balaban J connectivity index is 1.46. The highest BCUT2D eigenvalue weighted by Crippen LogP contribution is 2.44. The average molecular weight is 207 g/mol. The molecule has 0 aromatic carbocycles. The Morgan fingerprint density at radius 2 is 2.00 bits per heavy atom. The van der Waals surface area contributed by atoms with Crippen LogP contribution in [0, 0.1) is 23.7 Å². The van der Waals surface area contributed by atoms with Gasteiger partial charge in [-0.3, -0.25) is 0 Å². The second-order valence-corrected chi connectivity index (χ2v) is 6.36. The summed E-state index contributed by atoms with van der Waals surface area (Å²) in [5.41, 5.74) is 0. The Morgan fingerprint density at radius 3 is 2.60 bits per heavy atom. The lowest BCUT2D eigenvalue weighted by atomic mass is 9.93. The van der Waals surface area contributed by atoms with E-state index in [4.69, 9.17) is 0 Å². The molecular weight excluding hydrogens is 182 g/mol. The van der Waals surface area contributed by atoms with E-state index >= 15 is 0 Å². The molecule has 3 rings (SSSR count). The van der Waals surface area contributed by atoms with Crippen LogP contribution < -0.4 is 5.32 Å². The van der Waals surface area contributed by atoms with E-state index in [1.807, 2.05) is 0 Å². The van der Waals surface area contributed by atoms with Gasteiger partial charge in [-0.15, -0.1) is 0 Å². The van der Waals surface area contributed by atoms with Gasteiger partial charge in [0, 0.05) is 6.04 Å². The van der Waals surface area contributed by atoms with Crippen molar-refractivity contribution in [3.8, 4) is 0 Å². The zero-order chi connectivity index (χ0) is 10.3. The fourth-order valence-electron chi connectivity index (χ4n) is 4.32. The van der Waals surface area contributed by atoms with Gasteiger partial charge < -0.3 is 5.32 Å². The Kier molecular flexibility index (Phi) is 2.76. The van der Waals surface area contributed by atoms with Gasteiger partial charge in [0.2, 0.25) is 0 Å². The minimum atomic E-state index is 0.900. The van der Waals surface area contributed by atoms with Crippen molar-refractivity contribution in [1.82, 2.24) is 5.32 Å². The largest absolute Gasteiger partial charge is 0.313 e. The first-order chi connectivity index (χ1) is 7.33. The van der Waals surface area contributed by atoms with E-state index in [-0.39, 0.29) is 0 Å². The third-order valence-corrected chi connectivity index (χ3v) is 5.42. The molecule has 5 atom stereocenters. The molecule has 1 N–H and O–H groups in total. The maximum absolute atomic E-state index is 3.89. The Hall–Kier alpha value is -0.0400. The maximum atomic E-state index is 3.89. The van der Waals surface area contributed by atoms with Crippen molar-refractivity contribution in [2.45, 2.75) is 57.9 Å². The van der Waals surface area contributed by atoms with Crippen molar-refractivity contribution in [1.29, 1.82) is 0 Å².